The molecule has 0 bridgehead atoms. The van der Waals surface area contributed by atoms with Crippen molar-refractivity contribution in [2.45, 2.75) is 44.5 Å². The lowest BCUT2D eigenvalue weighted by atomic mass is 9.71. The van der Waals surface area contributed by atoms with E-state index in [1.54, 1.807) is 0 Å². The summed E-state index contributed by atoms with van der Waals surface area (Å²) in [7, 11) is 0. The minimum absolute atomic E-state index is 0.0169. The second-order valence-electron chi connectivity index (χ2n) is 6.54. The number of rotatable bonds is 0. The molecule has 0 aromatic carbocycles. The third-order valence-corrected chi connectivity index (χ3v) is 5.17. The Hall–Kier alpha value is -1.13. The second kappa shape index (κ2) is 3.93. The van der Waals surface area contributed by atoms with Gasteiger partial charge in [0.05, 0.1) is 12.2 Å². The first-order valence-electron chi connectivity index (χ1n) is 6.77. The Bertz CT molecular complexity index is 469. The molecule has 4 heteroatoms. The molecular formula is C15H20O4. The molecule has 0 unspecified atom stereocenters. The molecule has 2 saturated carbocycles. The van der Waals surface area contributed by atoms with Gasteiger partial charge in [-0.1, -0.05) is 25.7 Å². The van der Waals surface area contributed by atoms with Crippen molar-refractivity contribution in [2.75, 3.05) is 0 Å². The van der Waals surface area contributed by atoms with Gasteiger partial charge in [0.25, 0.3) is 0 Å². The van der Waals surface area contributed by atoms with Crippen molar-refractivity contribution < 1.29 is 19.7 Å². The number of fused-ring (bicyclic) bond motifs is 2. The quantitative estimate of drug-likeness (QED) is 0.392. The van der Waals surface area contributed by atoms with E-state index in [0.29, 0.717) is 24.8 Å². The number of carbonyl (C=O) groups is 1. The van der Waals surface area contributed by atoms with Crippen LogP contribution in [0.2, 0.25) is 0 Å². The Labute approximate surface area is 112 Å². The van der Waals surface area contributed by atoms with Gasteiger partial charge in [-0.05, 0) is 18.3 Å². The molecule has 0 aromatic rings. The van der Waals surface area contributed by atoms with E-state index in [4.69, 9.17) is 4.74 Å². The van der Waals surface area contributed by atoms with Crippen LogP contribution in [0.3, 0.4) is 0 Å². The SMILES string of the molecule is C=C1C(=O)O[C@@H]2CC(=C)[C@H]3[C@H](O)[C@H](O)C[C@]3(C)C[C@H]12. The fourth-order valence-electron chi connectivity index (χ4n) is 4.30. The molecule has 4 nitrogen and oxygen atoms in total. The zero-order valence-electron chi connectivity index (χ0n) is 11.1. The maximum absolute atomic E-state index is 11.6. The molecule has 0 spiro atoms. The van der Waals surface area contributed by atoms with Gasteiger partial charge in [0.1, 0.15) is 6.10 Å². The third kappa shape index (κ3) is 1.70. The summed E-state index contributed by atoms with van der Waals surface area (Å²) < 4.78 is 5.36. The van der Waals surface area contributed by atoms with Gasteiger partial charge in [0.2, 0.25) is 0 Å². The van der Waals surface area contributed by atoms with E-state index in [2.05, 4.69) is 20.1 Å². The first-order valence-corrected chi connectivity index (χ1v) is 6.77. The van der Waals surface area contributed by atoms with Crippen LogP contribution in [0.15, 0.2) is 24.3 Å². The van der Waals surface area contributed by atoms with Gasteiger partial charge in [0, 0.05) is 23.8 Å². The molecule has 2 aliphatic carbocycles. The smallest absolute Gasteiger partial charge is 0.334 e. The molecular weight excluding hydrogens is 244 g/mol. The highest BCUT2D eigenvalue weighted by Crippen LogP contribution is 2.56. The molecule has 19 heavy (non-hydrogen) atoms. The Kier molecular flexibility index (Phi) is 2.67. The molecule has 104 valence electrons. The average molecular weight is 264 g/mol. The lowest BCUT2D eigenvalue weighted by Gasteiger charge is -2.32. The molecule has 3 aliphatic rings. The lowest BCUT2D eigenvalue weighted by molar-refractivity contribution is -0.139. The van der Waals surface area contributed by atoms with Gasteiger partial charge in [-0.15, -0.1) is 0 Å². The fourth-order valence-corrected chi connectivity index (χ4v) is 4.30. The van der Waals surface area contributed by atoms with Crippen molar-refractivity contribution in [2.24, 2.45) is 17.3 Å². The van der Waals surface area contributed by atoms with E-state index < -0.39 is 12.2 Å². The minimum atomic E-state index is -0.764. The molecule has 3 rings (SSSR count). The highest BCUT2D eigenvalue weighted by atomic mass is 16.6. The van der Waals surface area contributed by atoms with Crippen LogP contribution >= 0.6 is 0 Å². The zero-order chi connectivity index (χ0) is 13.9. The molecule has 0 radical (unpaired) electrons. The number of carbonyl (C=O) groups excluding carboxylic acids is 1. The van der Waals surface area contributed by atoms with E-state index in [0.717, 1.165) is 5.57 Å². The summed E-state index contributed by atoms with van der Waals surface area (Å²) in [4.78, 5) is 11.6. The number of hydrogen-bond donors (Lipinski definition) is 2. The first-order chi connectivity index (χ1) is 8.83. The van der Waals surface area contributed by atoms with Crippen molar-refractivity contribution >= 4 is 5.97 Å². The van der Waals surface area contributed by atoms with E-state index in [-0.39, 0.29) is 29.3 Å². The number of hydrogen-bond acceptors (Lipinski definition) is 4. The number of ether oxygens (including phenoxy) is 1. The number of aliphatic hydroxyl groups excluding tert-OH is 2. The van der Waals surface area contributed by atoms with Crippen LogP contribution in [-0.2, 0) is 9.53 Å². The van der Waals surface area contributed by atoms with E-state index in [1.807, 2.05) is 0 Å². The van der Waals surface area contributed by atoms with E-state index in [1.165, 1.54) is 0 Å². The molecule has 1 saturated heterocycles. The summed E-state index contributed by atoms with van der Waals surface area (Å²) >= 11 is 0. The van der Waals surface area contributed by atoms with Crippen molar-refractivity contribution in [3.05, 3.63) is 24.3 Å². The second-order valence-corrected chi connectivity index (χ2v) is 6.54. The summed E-state index contributed by atoms with van der Waals surface area (Å²) in [5.41, 5.74) is 1.16. The Morgan fingerprint density at radius 3 is 2.68 bits per heavy atom. The fraction of sp³-hybridized carbons (Fsp3) is 0.667. The molecule has 3 fully saturated rings. The average Bonchev–Trinajstić information content (AvgIpc) is 2.63. The van der Waals surface area contributed by atoms with Crippen LogP contribution in [0, 0.1) is 17.3 Å². The Balaban J connectivity index is 1.98. The van der Waals surface area contributed by atoms with Crippen LogP contribution in [0.5, 0.6) is 0 Å². The minimum Gasteiger partial charge on any atom is -0.458 e. The van der Waals surface area contributed by atoms with Crippen molar-refractivity contribution in [1.82, 2.24) is 0 Å². The van der Waals surface area contributed by atoms with Gasteiger partial charge >= 0.3 is 5.97 Å². The maximum Gasteiger partial charge on any atom is 0.334 e. The van der Waals surface area contributed by atoms with Gasteiger partial charge < -0.3 is 14.9 Å². The molecule has 2 N–H and O–H groups in total. The van der Waals surface area contributed by atoms with Gasteiger partial charge in [0.15, 0.2) is 0 Å². The summed E-state index contributed by atoms with van der Waals surface area (Å²) in [5, 5.41) is 20.1. The van der Waals surface area contributed by atoms with Crippen molar-refractivity contribution in [1.29, 1.82) is 0 Å². The largest absolute Gasteiger partial charge is 0.458 e. The molecule has 1 aliphatic heterocycles. The maximum atomic E-state index is 11.6. The number of aliphatic hydroxyl groups is 2. The highest BCUT2D eigenvalue weighted by molar-refractivity contribution is 5.90. The van der Waals surface area contributed by atoms with Crippen molar-refractivity contribution in [3.63, 3.8) is 0 Å². The third-order valence-electron chi connectivity index (χ3n) is 5.17. The lowest BCUT2D eigenvalue weighted by Crippen LogP contribution is -2.31. The van der Waals surface area contributed by atoms with Gasteiger partial charge in [-0.25, -0.2) is 4.79 Å². The molecule has 1 heterocycles. The zero-order valence-corrected chi connectivity index (χ0v) is 11.1. The summed E-state index contributed by atoms with van der Waals surface area (Å²) in [6.07, 6.45) is 0.122. The predicted molar refractivity (Wildman–Crippen MR) is 69.1 cm³/mol. The monoisotopic (exact) mass is 264 g/mol. The molecule has 0 aromatic heterocycles. The first kappa shape index (κ1) is 12.9. The van der Waals surface area contributed by atoms with Crippen LogP contribution in [0.1, 0.15) is 26.2 Å². The number of esters is 1. The van der Waals surface area contributed by atoms with E-state index >= 15 is 0 Å². The molecule has 6 atom stereocenters. The summed E-state index contributed by atoms with van der Waals surface area (Å²) in [6, 6.07) is 0. The van der Waals surface area contributed by atoms with Crippen LogP contribution < -0.4 is 0 Å². The van der Waals surface area contributed by atoms with Gasteiger partial charge in [-0.2, -0.15) is 0 Å². The standard InChI is InChI=1S/C15H20O4/c1-7-4-11-9(8(2)14(18)19-11)5-15(3)6-10(16)13(17)12(7)15/h9-13,16-17H,1-2,4-6H2,3H3/t9-,10-,11-,12+,13-,15+/m1/s1. The van der Waals surface area contributed by atoms with Crippen LogP contribution in [-0.4, -0.2) is 34.5 Å². The summed E-state index contributed by atoms with van der Waals surface area (Å²) in [6.45, 7) is 9.96. The van der Waals surface area contributed by atoms with Gasteiger partial charge in [-0.3, -0.25) is 0 Å². The topological polar surface area (TPSA) is 66.8 Å². The Morgan fingerprint density at radius 1 is 1.32 bits per heavy atom. The van der Waals surface area contributed by atoms with Crippen molar-refractivity contribution in [3.8, 4) is 0 Å². The van der Waals surface area contributed by atoms with Crippen LogP contribution in [0.25, 0.3) is 0 Å². The Morgan fingerprint density at radius 2 is 2.00 bits per heavy atom. The summed E-state index contributed by atoms with van der Waals surface area (Å²) in [5.74, 6) is -0.458. The predicted octanol–water partition coefficient (Wildman–Crippen LogP) is 1.18. The molecule has 0 amide bonds. The van der Waals surface area contributed by atoms with E-state index in [9.17, 15) is 15.0 Å². The van der Waals surface area contributed by atoms with Crippen LogP contribution in [0.4, 0.5) is 0 Å². The highest BCUT2D eigenvalue weighted by Gasteiger charge is 2.56. The normalized spacial score (nSPS) is 49.6.